The average molecular weight is 216 g/mol. The highest BCUT2D eigenvalue weighted by Gasteiger charge is 2.20. The lowest BCUT2D eigenvalue weighted by Crippen LogP contribution is -2.42. The molecule has 92 valence electrons. The fourth-order valence-corrected chi connectivity index (χ4v) is 1.78. The van der Waals surface area contributed by atoms with E-state index in [4.69, 9.17) is 0 Å². The van der Waals surface area contributed by atoms with Crippen LogP contribution in [0.1, 0.15) is 34.6 Å². The van der Waals surface area contributed by atoms with Crippen molar-refractivity contribution in [3.63, 3.8) is 0 Å². The monoisotopic (exact) mass is 216 g/mol. The Morgan fingerprint density at radius 2 is 1.80 bits per heavy atom. The molecule has 3 nitrogen and oxygen atoms in total. The summed E-state index contributed by atoms with van der Waals surface area (Å²) in [5, 5.41) is 12.7. The number of hydrogen-bond donors (Lipinski definition) is 2. The lowest BCUT2D eigenvalue weighted by molar-refractivity contribution is 0.115. The fraction of sp³-hybridized carbons (Fsp3) is 1.00. The van der Waals surface area contributed by atoms with Gasteiger partial charge in [0.2, 0.25) is 0 Å². The zero-order valence-corrected chi connectivity index (χ0v) is 11.2. The van der Waals surface area contributed by atoms with Crippen molar-refractivity contribution in [1.29, 1.82) is 0 Å². The van der Waals surface area contributed by atoms with Gasteiger partial charge in [0.25, 0.3) is 0 Å². The molecule has 0 radical (unpaired) electrons. The molecule has 0 aliphatic heterocycles. The van der Waals surface area contributed by atoms with Crippen LogP contribution in [0.3, 0.4) is 0 Å². The van der Waals surface area contributed by atoms with Gasteiger partial charge in [-0.25, -0.2) is 0 Å². The van der Waals surface area contributed by atoms with Gasteiger partial charge in [-0.2, -0.15) is 0 Å². The Labute approximate surface area is 94.9 Å². The van der Waals surface area contributed by atoms with Gasteiger partial charge in [-0.15, -0.1) is 0 Å². The Kier molecular flexibility index (Phi) is 6.41. The second-order valence-corrected chi connectivity index (χ2v) is 5.75. The molecule has 0 saturated carbocycles. The molecule has 0 aliphatic rings. The van der Waals surface area contributed by atoms with Gasteiger partial charge < -0.3 is 15.3 Å². The highest BCUT2D eigenvalue weighted by molar-refractivity contribution is 4.76. The molecule has 1 atom stereocenters. The Morgan fingerprint density at radius 1 is 1.27 bits per heavy atom. The van der Waals surface area contributed by atoms with Crippen molar-refractivity contribution in [2.24, 2.45) is 5.41 Å². The van der Waals surface area contributed by atoms with Crippen molar-refractivity contribution >= 4 is 0 Å². The van der Waals surface area contributed by atoms with Gasteiger partial charge in [-0.05, 0) is 19.4 Å². The van der Waals surface area contributed by atoms with Crippen molar-refractivity contribution < 1.29 is 5.11 Å². The summed E-state index contributed by atoms with van der Waals surface area (Å²) in [6.07, 6.45) is -0.246. The zero-order chi connectivity index (χ0) is 12.1. The number of rotatable bonds is 7. The molecule has 0 rings (SSSR count). The van der Waals surface area contributed by atoms with Gasteiger partial charge in [-0.3, -0.25) is 0 Å². The van der Waals surface area contributed by atoms with E-state index in [2.05, 4.69) is 45.0 Å². The molecule has 0 fully saturated rings. The van der Waals surface area contributed by atoms with Gasteiger partial charge >= 0.3 is 0 Å². The Balaban J connectivity index is 3.90. The van der Waals surface area contributed by atoms with E-state index >= 15 is 0 Å². The van der Waals surface area contributed by atoms with E-state index in [0.29, 0.717) is 6.04 Å². The van der Waals surface area contributed by atoms with E-state index in [1.807, 2.05) is 6.92 Å². The largest absolute Gasteiger partial charge is 0.392 e. The van der Waals surface area contributed by atoms with Crippen molar-refractivity contribution in [2.45, 2.75) is 46.8 Å². The van der Waals surface area contributed by atoms with Crippen LogP contribution in [0, 0.1) is 5.41 Å². The number of nitrogens with zero attached hydrogens (tertiary/aromatic N) is 1. The molecule has 0 aromatic heterocycles. The molecule has 1 unspecified atom stereocenters. The third kappa shape index (κ3) is 8.85. The molecule has 2 N–H and O–H groups in total. The van der Waals surface area contributed by atoms with Crippen LogP contribution in [0.25, 0.3) is 0 Å². The van der Waals surface area contributed by atoms with Gasteiger partial charge in [0, 0.05) is 25.7 Å². The minimum absolute atomic E-state index is 0.244. The molecule has 0 aromatic carbocycles. The summed E-state index contributed by atoms with van der Waals surface area (Å²) in [5.74, 6) is 0. The first-order valence-corrected chi connectivity index (χ1v) is 5.83. The molecule has 0 saturated heterocycles. The van der Waals surface area contributed by atoms with Crippen LogP contribution in [0.15, 0.2) is 0 Å². The van der Waals surface area contributed by atoms with Crippen LogP contribution in [-0.4, -0.2) is 48.8 Å². The first kappa shape index (κ1) is 14.9. The SMILES string of the molecule is CC(O)CN(C)CC(C)(C)CNC(C)C. The van der Waals surface area contributed by atoms with E-state index in [9.17, 15) is 5.11 Å². The van der Waals surface area contributed by atoms with Crippen LogP contribution < -0.4 is 5.32 Å². The van der Waals surface area contributed by atoms with E-state index in [1.165, 1.54) is 0 Å². The van der Waals surface area contributed by atoms with Crippen LogP contribution in [0.5, 0.6) is 0 Å². The second kappa shape index (κ2) is 6.46. The van der Waals surface area contributed by atoms with Crippen LogP contribution in [0.4, 0.5) is 0 Å². The van der Waals surface area contributed by atoms with Crippen molar-refractivity contribution in [2.75, 3.05) is 26.7 Å². The molecule has 15 heavy (non-hydrogen) atoms. The number of hydrogen-bond acceptors (Lipinski definition) is 3. The number of aliphatic hydroxyl groups is 1. The third-order valence-corrected chi connectivity index (χ3v) is 2.26. The number of likely N-dealkylation sites (N-methyl/N-ethyl adjacent to an activating group) is 1. The highest BCUT2D eigenvalue weighted by Crippen LogP contribution is 2.15. The maximum absolute atomic E-state index is 9.28. The Hall–Kier alpha value is -0.120. The predicted molar refractivity (Wildman–Crippen MR) is 66.1 cm³/mol. The van der Waals surface area contributed by atoms with Crippen molar-refractivity contribution in [3.8, 4) is 0 Å². The molecule has 0 aliphatic carbocycles. The van der Waals surface area contributed by atoms with Crippen molar-refractivity contribution in [1.82, 2.24) is 10.2 Å². The lowest BCUT2D eigenvalue weighted by Gasteiger charge is -2.31. The van der Waals surface area contributed by atoms with E-state index in [-0.39, 0.29) is 11.5 Å². The van der Waals surface area contributed by atoms with E-state index < -0.39 is 0 Å². The van der Waals surface area contributed by atoms with Crippen LogP contribution >= 0.6 is 0 Å². The molecule has 3 heteroatoms. The summed E-state index contributed by atoms with van der Waals surface area (Å²) in [6, 6.07) is 0.534. The summed E-state index contributed by atoms with van der Waals surface area (Å²) < 4.78 is 0. The second-order valence-electron chi connectivity index (χ2n) is 5.75. The number of nitrogens with one attached hydrogen (secondary N) is 1. The van der Waals surface area contributed by atoms with Gasteiger partial charge in [-0.1, -0.05) is 27.7 Å². The van der Waals surface area contributed by atoms with Crippen LogP contribution in [-0.2, 0) is 0 Å². The van der Waals surface area contributed by atoms with Gasteiger partial charge in [0.15, 0.2) is 0 Å². The first-order chi connectivity index (χ1) is 6.73. The first-order valence-electron chi connectivity index (χ1n) is 5.83. The molecule has 0 aromatic rings. The lowest BCUT2D eigenvalue weighted by atomic mass is 9.92. The minimum atomic E-state index is -0.246. The fourth-order valence-electron chi connectivity index (χ4n) is 1.78. The van der Waals surface area contributed by atoms with Crippen molar-refractivity contribution in [3.05, 3.63) is 0 Å². The molecule has 0 amide bonds. The predicted octanol–water partition coefficient (Wildman–Crippen LogP) is 1.32. The topological polar surface area (TPSA) is 35.5 Å². The normalized spacial score (nSPS) is 15.0. The molecule has 0 spiro atoms. The summed E-state index contributed by atoms with van der Waals surface area (Å²) in [5.41, 5.74) is 0.244. The summed E-state index contributed by atoms with van der Waals surface area (Å²) in [6.45, 7) is 13.4. The zero-order valence-electron chi connectivity index (χ0n) is 11.2. The maximum atomic E-state index is 9.28. The summed E-state index contributed by atoms with van der Waals surface area (Å²) >= 11 is 0. The average Bonchev–Trinajstić information content (AvgIpc) is 1.98. The number of aliphatic hydroxyl groups excluding tert-OH is 1. The summed E-state index contributed by atoms with van der Waals surface area (Å²) in [7, 11) is 2.06. The third-order valence-electron chi connectivity index (χ3n) is 2.26. The van der Waals surface area contributed by atoms with E-state index in [1.54, 1.807) is 0 Å². The standard InChI is InChI=1S/C12H28N2O/c1-10(2)13-8-12(4,5)9-14(6)7-11(3)15/h10-11,13,15H,7-9H2,1-6H3. The quantitative estimate of drug-likeness (QED) is 0.674. The minimum Gasteiger partial charge on any atom is -0.392 e. The highest BCUT2D eigenvalue weighted by atomic mass is 16.3. The molecule has 0 heterocycles. The summed E-state index contributed by atoms with van der Waals surface area (Å²) in [4.78, 5) is 2.19. The molecular weight excluding hydrogens is 188 g/mol. The Bertz CT molecular complexity index is 167. The van der Waals surface area contributed by atoms with E-state index in [0.717, 1.165) is 19.6 Å². The van der Waals surface area contributed by atoms with Crippen LogP contribution in [0.2, 0.25) is 0 Å². The Morgan fingerprint density at radius 3 is 2.20 bits per heavy atom. The molecular formula is C12H28N2O. The van der Waals surface area contributed by atoms with Gasteiger partial charge in [0.05, 0.1) is 6.10 Å². The maximum Gasteiger partial charge on any atom is 0.0638 e. The van der Waals surface area contributed by atoms with Gasteiger partial charge in [0.1, 0.15) is 0 Å². The molecule has 0 bridgehead atoms. The smallest absolute Gasteiger partial charge is 0.0638 e.